The maximum atomic E-state index is 13.7. The molecule has 0 bridgehead atoms. The number of benzene rings is 2. The molecule has 1 fully saturated rings. The average molecular weight is 290 g/mol. The van der Waals surface area contributed by atoms with Gasteiger partial charge in [0.2, 0.25) is 0 Å². The van der Waals surface area contributed by atoms with Crippen molar-refractivity contribution in [1.82, 2.24) is 5.32 Å². The maximum Gasteiger partial charge on any atom is 0.142 e. The van der Waals surface area contributed by atoms with Crippen molar-refractivity contribution in [2.75, 3.05) is 13.1 Å². The van der Waals surface area contributed by atoms with Gasteiger partial charge in [-0.15, -0.1) is 0 Å². The van der Waals surface area contributed by atoms with E-state index in [1.165, 1.54) is 5.56 Å². The number of hydrogen-bond acceptors (Lipinski definition) is 1. The van der Waals surface area contributed by atoms with Crippen molar-refractivity contribution < 1.29 is 4.39 Å². The second kappa shape index (κ2) is 5.94. The van der Waals surface area contributed by atoms with Crippen molar-refractivity contribution in [1.29, 1.82) is 0 Å². The summed E-state index contributed by atoms with van der Waals surface area (Å²) in [6.07, 6.45) is 1.01. The summed E-state index contributed by atoms with van der Waals surface area (Å²) < 4.78 is 13.7. The lowest BCUT2D eigenvalue weighted by Gasteiger charge is -2.33. The van der Waals surface area contributed by atoms with Crippen molar-refractivity contribution in [3.8, 4) is 0 Å². The van der Waals surface area contributed by atoms with Gasteiger partial charge >= 0.3 is 0 Å². The minimum atomic E-state index is -0.325. The molecule has 104 valence electrons. The Balaban J connectivity index is 1.94. The molecule has 20 heavy (non-hydrogen) atoms. The molecule has 3 rings (SSSR count). The first-order valence-corrected chi connectivity index (χ1v) is 7.34. The Morgan fingerprint density at radius 1 is 1.00 bits per heavy atom. The fourth-order valence-corrected chi connectivity index (χ4v) is 3.17. The third-order valence-electron chi connectivity index (χ3n) is 4.08. The van der Waals surface area contributed by atoms with E-state index in [1.54, 1.807) is 12.1 Å². The van der Waals surface area contributed by atoms with Crippen molar-refractivity contribution in [3.63, 3.8) is 0 Å². The minimum Gasteiger partial charge on any atom is -0.316 e. The fourth-order valence-electron chi connectivity index (χ4n) is 3.05. The lowest BCUT2D eigenvalue weighted by atomic mass is 9.77. The smallest absolute Gasteiger partial charge is 0.142 e. The van der Waals surface area contributed by atoms with Gasteiger partial charge in [0.05, 0.1) is 5.02 Å². The highest BCUT2D eigenvalue weighted by atomic mass is 35.5. The summed E-state index contributed by atoms with van der Waals surface area (Å²) in [5.74, 6) is 0.394. The summed E-state index contributed by atoms with van der Waals surface area (Å²) in [6, 6.07) is 15.7. The van der Waals surface area contributed by atoms with Gasteiger partial charge in [0.1, 0.15) is 5.82 Å². The zero-order chi connectivity index (χ0) is 13.9. The van der Waals surface area contributed by atoms with Crippen molar-refractivity contribution in [3.05, 3.63) is 70.5 Å². The normalized spacial score (nSPS) is 22.7. The Morgan fingerprint density at radius 2 is 1.80 bits per heavy atom. The molecule has 0 radical (unpaired) electrons. The Labute approximate surface area is 123 Å². The van der Waals surface area contributed by atoms with Crippen LogP contribution in [0.5, 0.6) is 0 Å². The SMILES string of the molecule is Fc1cc(C2CCNCC2c2ccccc2)ccc1Cl. The molecule has 0 aliphatic carbocycles. The van der Waals surface area contributed by atoms with Gasteiger partial charge in [-0.05, 0) is 42.1 Å². The van der Waals surface area contributed by atoms with E-state index >= 15 is 0 Å². The molecular formula is C17H17ClFN. The van der Waals surface area contributed by atoms with Gasteiger partial charge in [-0.2, -0.15) is 0 Å². The van der Waals surface area contributed by atoms with Crippen molar-refractivity contribution in [2.45, 2.75) is 18.3 Å². The summed E-state index contributed by atoms with van der Waals surface area (Å²) in [4.78, 5) is 0. The highest BCUT2D eigenvalue weighted by molar-refractivity contribution is 6.30. The molecule has 1 nitrogen and oxygen atoms in total. The Bertz CT molecular complexity index is 585. The summed E-state index contributed by atoms with van der Waals surface area (Å²) in [6.45, 7) is 1.90. The van der Waals surface area contributed by atoms with Gasteiger partial charge in [0.15, 0.2) is 0 Å². The van der Waals surface area contributed by atoms with Crippen LogP contribution in [0.4, 0.5) is 4.39 Å². The second-order valence-electron chi connectivity index (χ2n) is 5.29. The molecule has 0 aromatic heterocycles. The summed E-state index contributed by atoms with van der Waals surface area (Å²) >= 11 is 5.79. The largest absolute Gasteiger partial charge is 0.316 e. The number of halogens is 2. The molecule has 1 aliphatic rings. The van der Waals surface area contributed by atoms with Crippen molar-refractivity contribution >= 4 is 11.6 Å². The average Bonchev–Trinajstić information content (AvgIpc) is 2.51. The Kier molecular flexibility index (Phi) is 4.04. The molecule has 2 atom stereocenters. The van der Waals surface area contributed by atoms with Gasteiger partial charge in [0, 0.05) is 12.5 Å². The predicted octanol–water partition coefficient (Wildman–Crippen LogP) is 4.34. The van der Waals surface area contributed by atoms with Crippen LogP contribution in [0.2, 0.25) is 5.02 Å². The van der Waals surface area contributed by atoms with E-state index in [4.69, 9.17) is 11.6 Å². The highest BCUT2D eigenvalue weighted by Crippen LogP contribution is 2.38. The van der Waals surface area contributed by atoms with Crippen LogP contribution in [-0.2, 0) is 0 Å². The third kappa shape index (κ3) is 2.72. The third-order valence-corrected chi connectivity index (χ3v) is 4.39. The number of piperidine rings is 1. The van der Waals surface area contributed by atoms with E-state index in [0.29, 0.717) is 11.8 Å². The lowest BCUT2D eigenvalue weighted by Crippen LogP contribution is -2.34. The molecule has 3 heteroatoms. The summed E-state index contributed by atoms with van der Waals surface area (Å²) in [7, 11) is 0. The number of hydrogen-bond donors (Lipinski definition) is 1. The maximum absolute atomic E-state index is 13.7. The monoisotopic (exact) mass is 289 g/mol. The van der Waals surface area contributed by atoms with Gasteiger partial charge in [0.25, 0.3) is 0 Å². The highest BCUT2D eigenvalue weighted by Gasteiger charge is 2.27. The van der Waals surface area contributed by atoms with Crippen LogP contribution in [0.15, 0.2) is 48.5 Å². The van der Waals surface area contributed by atoms with Crippen LogP contribution < -0.4 is 5.32 Å². The molecule has 1 saturated heterocycles. The fraction of sp³-hybridized carbons (Fsp3) is 0.294. The first-order chi connectivity index (χ1) is 9.75. The molecule has 1 aliphatic heterocycles. The zero-order valence-electron chi connectivity index (χ0n) is 11.2. The van der Waals surface area contributed by atoms with E-state index in [2.05, 4.69) is 29.6 Å². The molecule has 2 aromatic carbocycles. The van der Waals surface area contributed by atoms with Gasteiger partial charge in [-0.25, -0.2) is 4.39 Å². The van der Waals surface area contributed by atoms with E-state index in [0.717, 1.165) is 25.1 Å². The molecule has 0 spiro atoms. The molecule has 1 heterocycles. The van der Waals surface area contributed by atoms with E-state index < -0.39 is 0 Å². The first-order valence-electron chi connectivity index (χ1n) is 6.96. The van der Waals surface area contributed by atoms with E-state index in [1.807, 2.05) is 12.1 Å². The van der Waals surface area contributed by atoms with Gasteiger partial charge in [-0.3, -0.25) is 0 Å². The van der Waals surface area contributed by atoms with Crippen LogP contribution in [0.25, 0.3) is 0 Å². The van der Waals surface area contributed by atoms with Crippen LogP contribution in [0.1, 0.15) is 29.4 Å². The topological polar surface area (TPSA) is 12.0 Å². The van der Waals surface area contributed by atoms with Gasteiger partial charge < -0.3 is 5.32 Å². The molecule has 1 N–H and O–H groups in total. The predicted molar refractivity (Wildman–Crippen MR) is 80.8 cm³/mol. The Morgan fingerprint density at radius 3 is 2.55 bits per heavy atom. The molecule has 0 amide bonds. The van der Waals surface area contributed by atoms with Crippen LogP contribution in [-0.4, -0.2) is 13.1 Å². The molecule has 2 aromatic rings. The first kappa shape index (κ1) is 13.6. The number of nitrogens with one attached hydrogen (secondary N) is 1. The van der Waals surface area contributed by atoms with Crippen LogP contribution >= 0.6 is 11.6 Å². The van der Waals surface area contributed by atoms with Crippen LogP contribution in [0.3, 0.4) is 0 Å². The summed E-state index contributed by atoms with van der Waals surface area (Å²) in [5.41, 5.74) is 2.35. The molecule has 2 unspecified atom stereocenters. The van der Waals surface area contributed by atoms with E-state index in [9.17, 15) is 4.39 Å². The summed E-state index contributed by atoms with van der Waals surface area (Å²) in [5, 5.41) is 3.63. The van der Waals surface area contributed by atoms with E-state index in [-0.39, 0.29) is 10.8 Å². The van der Waals surface area contributed by atoms with Crippen molar-refractivity contribution in [2.24, 2.45) is 0 Å². The standard InChI is InChI=1S/C17H17ClFN/c18-16-7-6-13(10-17(16)19)14-8-9-20-11-15(14)12-4-2-1-3-5-12/h1-7,10,14-15,20H,8-9,11H2. The zero-order valence-corrected chi connectivity index (χ0v) is 11.9. The van der Waals surface area contributed by atoms with Gasteiger partial charge in [-0.1, -0.05) is 48.0 Å². The quantitative estimate of drug-likeness (QED) is 0.867. The lowest BCUT2D eigenvalue weighted by molar-refractivity contribution is 0.403. The number of rotatable bonds is 2. The molecular weight excluding hydrogens is 273 g/mol. The minimum absolute atomic E-state index is 0.193. The van der Waals surface area contributed by atoms with Crippen LogP contribution in [0, 0.1) is 5.82 Å². The Hall–Kier alpha value is -1.38. The second-order valence-corrected chi connectivity index (χ2v) is 5.70. The molecule has 0 saturated carbocycles.